The number of carbonyl (C=O) groups is 2. The van der Waals surface area contributed by atoms with Gasteiger partial charge < -0.3 is 15.5 Å². The van der Waals surface area contributed by atoms with Crippen molar-refractivity contribution in [2.24, 2.45) is 5.92 Å². The van der Waals surface area contributed by atoms with Crippen LogP contribution in [0.2, 0.25) is 0 Å². The molecule has 0 aromatic rings. The Morgan fingerprint density at radius 3 is 2.35 bits per heavy atom. The van der Waals surface area contributed by atoms with Crippen molar-refractivity contribution in [1.82, 2.24) is 20.4 Å². The van der Waals surface area contributed by atoms with E-state index in [4.69, 9.17) is 0 Å². The van der Waals surface area contributed by atoms with E-state index in [2.05, 4.69) is 15.5 Å². The highest BCUT2D eigenvalue weighted by atomic mass is 16.2. The molecule has 148 valence electrons. The summed E-state index contributed by atoms with van der Waals surface area (Å²) in [6.45, 7) is 7.31. The summed E-state index contributed by atoms with van der Waals surface area (Å²) in [5, 5.41) is 6.58. The highest BCUT2D eigenvalue weighted by molar-refractivity contribution is 5.81. The number of carbonyl (C=O) groups excluding carboxylic acids is 2. The van der Waals surface area contributed by atoms with Crippen molar-refractivity contribution in [2.45, 2.75) is 70.4 Å². The van der Waals surface area contributed by atoms with Crippen molar-refractivity contribution in [3.8, 4) is 0 Å². The zero-order valence-corrected chi connectivity index (χ0v) is 16.3. The smallest absolute Gasteiger partial charge is 0.237 e. The lowest BCUT2D eigenvalue weighted by atomic mass is 9.93. The molecule has 1 aliphatic carbocycles. The number of piperazine rings is 1. The summed E-state index contributed by atoms with van der Waals surface area (Å²) in [4.78, 5) is 29.2. The van der Waals surface area contributed by atoms with E-state index in [0.717, 1.165) is 58.5 Å². The highest BCUT2D eigenvalue weighted by Crippen LogP contribution is 2.20. The molecule has 0 radical (unpaired) electrons. The summed E-state index contributed by atoms with van der Waals surface area (Å²) in [6.07, 6.45) is 8.83. The second-order valence-corrected chi connectivity index (χ2v) is 8.31. The topological polar surface area (TPSA) is 64.7 Å². The van der Waals surface area contributed by atoms with E-state index < -0.39 is 0 Å². The number of hydrogen-bond acceptors (Lipinski definition) is 4. The Labute approximate surface area is 158 Å². The average Bonchev–Trinajstić information content (AvgIpc) is 3.19. The lowest BCUT2D eigenvalue weighted by molar-refractivity contribution is -0.134. The first-order chi connectivity index (χ1) is 12.6. The summed E-state index contributed by atoms with van der Waals surface area (Å²) >= 11 is 0. The zero-order valence-electron chi connectivity index (χ0n) is 16.3. The molecule has 2 heterocycles. The maximum atomic E-state index is 12.5. The van der Waals surface area contributed by atoms with Gasteiger partial charge in [0.1, 0.15) is 0 Å². The Morgan fingerprint density at radius 2 is 1.69 bits per heavy atom. The number of rotatable bonds is 6. The molecule has 0 aromatic heterocycles. The molecule has 3 aliphatic rings. The zero-order chi connectivity index (χ0) is 18.4. The van der Waals surface area contributed by atoms with Gasteiger partial charge in [0.25, 0.3) is 0 Å². The molecule has 1 saturated carbocycles. The van der Waals surface area contributed by atoms with E-state index in [1.165, 1.54) is 25.7 Å². The van der Waals surface area contributed by atoms with Crippen molar-refractivity contribution in [3.05, 3.63) is 0 Å². The molecule has 2 N–H and O–H groups in total. The Kier molecular flexibility index (Phi) is 7.32. The molecule has 1 atom stereocenters. The Hall–Kier alpha value is -1.14. The molecule has 26 heavy (non-hydrogen) atoms. The van der Waals surface area contributed by atoms with Crippen LogP contribution in [-0.4, -0.2) is 73.0 Å². The van der Waals surface area contributed by atoms with Gasteiger partial charge in [-0.05, 0) is 58.0 Å². The van der Waals surface area contributed by atoms with Crippen LogP contribution in [0.4, 0.5) is 0 Å². The normalized spacial score (nSPS) is 24.6. The molecular weight excluding hydrogens is 328 g/mol. The van der Waals surface area contributed by atoms with E-state index in [1.807, 2.05) is 11.8 Å². The Morgan fingerprint density at radius 1 is 1.04 bits per heavy atom. The number of amides is 2. The molecule has 2 aliphatic heterocycles. The molecule has 3 fully saturated rings. The fraction of sp³-hybridized carbons (Fsp3) is 0.900. The second kappa shape index (κ2) is 9.70. The largest absolute Gasteiger partial charge is 0.352 e. The number of hydrogen-bond donors (Lipinski definition) is 2. The van der Waals surface area contributed by atoms with Crippen LogP contribution in [0, 0.1) is 5.92 Å². The molecule has 2 amide bonds. The fourth-order valence-corrected chi connectivity index (χ4v) is 4.57. The first-order valence-corrected chi connectivity index (χ1v) is 10.7. The molecule has 0 spiro atoms. The van der Waals surface area contributed by atoms with Gasteiger partial charge in [-0.3, -0.25) is 14.5 Å². The molecule has 6 nitrogen and oxygen atoms in total. The van der Waals surface area contributed by atoms with Crippen molar-refractivity contribution in [2.75, 3.05) is 39.3 Å². The number of nitrogens with zero attached hydrogens (tertiary/aromatic N) is 2. The second-order valence-electron chi connectivity index (χ2n) is 8.31. The monoisotopic (exact) mass is 364 g/mol. The SMILES string of the molecule is CC(C(=O)NC1CCCC1)N1CCN(C(=O)CCC2CCNCC2)CC1. The Balaban J connectivity index is 1.35. The van der Waals surface area contributed by atoms with Gasteiger partial charge in [0.2, 0.25) is 11.8 Å². The van der Waals surface area contributed by atoms with Gasteiger partial charge in [-0.2, -0.15) is 0 Å². The van der Waals surface area contributed by atoms with Gasteiger partial charge >= 0.3 is 0 Å². The third-order valence-electron chi connectivity index (χ3n) is 6.52. The van der Waals surface area contributed by atoms with E-state index in [1.54, 1.807) is 0 Å². The van der Waals surface area contributed by atoms with Gasteiger partial charge in [0.15, 0.2) is 0 Å². The lowest BCUT2D eigenvalue weighted by Crippen LogP contribution is -2.55. The van der Waals surface area contributed by atoms with Crippen LogP contribution >= 0.6 is 0 Å². The van der Waals surface area contributed by atoms with E-state index in [0.29, 0.717) is 24.3 Å². The first-order valence-electron chi connectivity index (χ1n) is 10.7. The van der Waals surface area contributed by atoms with Crippen molar-refractivity contribution in [3.63, 3.8) is 0 Å². The third-order valence-corrected chi connectivity index (χ3v) is 6.52. The molecule has 1 unspecified atom stereocenters. The van der Waals surface area contributed by atoms with E-state index in [-0.39, 0.29) is 11.9 Å². The van der Waals surface area contributed by atoms with Crippen LogP contribution < -0.4 is 10.6 Å². The summed E-state index contributed by atoms with van der Waals surface area (Å²) in [7, 11) is 0. The number of piperidine rings is 1. The van der Waals surface area contributed by atoms with Crippen LogP contribution in [-0.2, 0) is 9.59 Å². The van der Waals surface area contributed by atoms with E-state index in [9.17, 15) is 9.59 Å². The maximum absolute atomic E-state index is 12.5. The van der Waals surface area contributed by atoms with Gasteiger partial charge in [0.05, 0.1) is 6.04 Å². The predicted octanol–water partition coefficient (Wildman–Crippen LogP) is 1.36. The molecular formula is C20H36N4O2. The van der Waals surface area contributed by atoms with Gasteiger partial charge in [0, 0.05) is 38.6 Å². The minimum atomic E-state index is -0.0948. The van der Waals surface area contributed by atoms with Crippen LogP contribution in [0.15, 0.2) is 0 Å². The maximum Gasteiger partial charge on any atom is 0.237 e. The minimum absolute atomic E-state index is 0.0948. The third kappa shape index (κ3) is 5.43. The lowest BCUT2D eigenvalue weighted by Gasteiger charge is -2.38. The van der Waals surface area contributed by atoms with Crippen LogP contribution in [0.3, 0.4) is 0 Å². The quantitative estimate of drug-likeness (QED) is 0.747. The average molecular weight is 365 g/mol. The van der Waals surface area contributed by atoms with Crippen LogP contribution in [0.5, 0.6) is 0 Å². The highest BCUT2D eigenvalue weighted by Gasteiger charge is 2.29. The summed E-state index contributed by atoms with van der Waals surface area (Å²) in [5.74, 6) is 1.16. The van der Waals surface area contributed by atoms with Crippen molar-refractivity contribution >= 4 is 11.8 Å². The standard InChI is InChI=1S/C20H36N4O2/c1-16(20(26)22-18-4-2-3-5-18)23-12-14-24(15-13-23)19(25)7-6-17-8-10-21-11-9-17/h16-18,21H,2-15H2,1H3,(H,22,26). The molecule has 3 rings (SSSR count). The fourth-order valence-electron chi connectivity index (χ4n) is 4.57. The van der Waals surface area contributed by atoms with Gasteiger partial charge in [-0.15, -0.1) is 0 Å². The minimum Gasteiger partial charge on any atom is -0.352 e. The first kappa shape index (κ1) is 19.6. The van der Waals surface area contributed by atoms with Crippen molar-refractivity contribution < 1.29 is 9.59 Å². The predicted molar refractivity (Wildman–Crippen MR) is 103 cm³/mol. The molecule has 0 bridgehead atoms. The summed E-state index contributed by atoms with van der Waals surface area (Å²) in [6, 6.07) is 0.283. The van der Waals surface area contributed by atoms with Crippen LogP contribution in [0.1, 0.15) is 58.3 Å². The molecule has 6 heteroatoms. The summed E-state index contributed by atoms with van der Waals surface area (Å²) < 4.78 is 0. The van der Waals surface area contributed by atoms with Gasteiger partial charge in [-0.25, -0.2) is 0 Å². The van der Waals surface area contributed by atoms with E-state index >= 15 is 0 Å². The molecule has 2 saturated heterocycles. The van der Waals surface area contributed by atoms with Gasteiger partial charge in [-0.1, -0.05) is 12.8 Å². The van der Waals surface area contributed by atoms with Crippen LogP contribution in [0.25, 0.3) is 0 Å². The summed E-state index contributed by atoms with van der Waals surface area (Å²) in [5.41, 5.74) is 0. The number of nitrogens with one attached hydrogen (secondary N) is 2. The molecule has 0 aromatic carbocycles. The van der Waals surface area contributed by atoms with Crippen molar-refractivity contribution in [1.29, 1.82) is 0 Å². The Bertz CT molecular complexity index is 464.